The van der Waals surface area contributed by atoms with Crippen LogP contribution in [-0.4, -0.2) is 90.0 Å². The van der Waals surface area contributed by atoms with Crippen molar-refractivity contribution in [2.45, 2.75) is 42.9 Å². The summed E-state index contributed by atoms with van der Waals surface area (Å²) in [4.78, 5) is 0. The third kappa shape index (κ3) is 4.22. The van der Waals surface area contributed by atoms with E-state index in [-0.39, 0.29) is 42.3 Å². The molecule has 12 nitrogen and oxygen atoms in total. The lowest BCUT2D eigenvalue weighted by Gasteiger charge is -2.39. The zero-order chi connectivity index (χ0) is 26.6. The van der Waals surface area contributed by atoms with Crippen molar-refractivity contribution in [3.63, 3.8) is 0 Å². The number of hydrogen-bond acceptors (Lipinski definition) is 12. The molecule has 12 heteroatoms. The predicted octanol–water partition coefficient (Wildman–Crippen LogP) is 0.383. The molecule has 0 spiro atoms. The van der Waals surface area contributed by atoms with Gasteiger partial charge in [-0.25, -0.2) is 0 Å². The number of methoxy groups -OCH3 is 1. The van der Waals surface area contributed by atoms with Gasteiger partial charge in [-0.2, -0.15) is 0 Å². The fraction of sp³-hybridized carbons (Fsp3) is 0.538. The molecule has 0 saturated carbocycles. The summed E-state index contributed by atoms with van der Waals surface area (Å²) in [5, 5.41) is 50.1. The summed E-state index contributed by atoms with van der Waals surface area (Å²) in [6.07, 6.45) is -7.55. The Balaban J connectivity index is 1.19. The van der Waals surface area contributed by atoms with Crippen molar-refractivity contribution in [3.05, 3.63) is 41.5 Å². The van der Waals surface area contributed by atoms with E-state index in [2.05, 4.69) is 0 Å². The van der Waals surface area contributed by atoms with E-state index < -0.39 is 37.3 Å². The number of aromatic hydroxyl groups is 1. The summed E-state index contributed by atoms with van der Waals surface area (Å²) in [5.74, 6) is 1.53. The van der Waals surface area contributed by atoms with E-state index in [4.69, 9.17) is 33.2 Å². The molecular formula is C26H30O12. The average molecular weight is 535 g/mol. The lowest BCUT2D eigenvalue weighted by molar-refractivity contribution is -0.277. The van der Waals surface area contributed by atoms with Gasteiger partial charge in [0, 0.05) is 11.8 Å². The normalized spacial score (nSPS) is 35.8. The summed E-state index contributed by atoms with van der Waals surface area (Å²) < 4.78 is 39.8. The van der Waals surface area contributed by atoms with Gasteiger partial charge in [0.2, 0.25) is 18.8 Å². The standard InChI is InChI=1S/C26H30O12/c1-32-17-5-11(2-3-16(17)37-26-22(31)21(30)20(29)19(7-27)38-26)23-13-8-34-24(14(13)9-33-23)12-4-15(28)25-18(6-12)35-10-36-25/h2-6,13-14,19-24,26-31H,7-10H2,1H3/t13-,14+,19-,20-,21+,22-,23-,24+,26+/m1/s1. The van der Waals surface area contributed by atoms with Crippen LogP contribution in [-0.2, 0) is 14.2 Å². The highest BCUT2D eigenvalue weighted by molar-refractivity contribution is 5.55. The van der Waals surface area contributed by atoms with E-state index in [1.807, 2.05) is 12.1 Å². The summed E-state index contributed by atoms with van der Waals surface area (Å²) in [6, 6.07) is 8.70. The molecule has 0 radical (unpaired) electrons. The van der Waals surface area contributed by atoms with E-state index in [0.717, 1.165) is 11.1 Å². The van der Waals surface area contributed by atoms with Crippen molar-refractivity contribution in [2.75, 3.05) is 33.7 Å². The van der Waals surface area contributed by atoms with E-state index in [9.17, 15) is 25.5 Å². The monoisotopic (exact) mass is 534 g/mol. The molecule has 0 unspecified atom stereocenters. The Morgan fingerprint density at radius 3 is 2.32 bits per heavy atom. The van der Waals surface area contributed by atoms with Crippen LogP contribution in [0, 0.1) is 11.8 Å². The minimum absolute atomic E-state index is 0.0113. The molecule has 4 aliphatic heterocycles. The van der Waals surface area contributed by atoms with Crippen LogP contribution in [0.1, 0.15) is 23.3 Å². The third-order valence-corrected chi connectivity index (χ3v) is 7.68. The predicted molar refractivity (Wildman–Crippen MR) is 126 cm³/mol. The number of benzene rings is 2. The fourth-order valence-corrected chi connectivity index (χ4v) is 5.66. The maximum Gasteiger partial charge on any atom is 0.231 e. The number of aliphatic hydroxyl groups is 4. The Hall–Kier alpha value is -2.84. The molecule has 4 aliphatic rings. The first-order valence-corrected chi connectivity index (χ1v) is 12.4. The van der Waals surface area contributed by atoms with Crippen LogP contribution in [0.2, 0.25) is 0 Å². The Kier molecular flexibility index (Phi) is 6.72. The highest BCUT2D eigenvalue weighted by atomic mass is 16.7. The van der Waals surface area contributed by atoms with Crippen molar-refractivity contribution in [3.8, 4) is 28.7 Å². The zero-order valence-electron chi connectivity index (χ0n) is 20.5. The van der Waals surface area contributed by atoms with E-state index in [1.54, 1.807) is 18.2 Å². The maximum absolute atomic E-state index is 10.3. The van der Waals surface area contributed by atoms with Crippen molar-refractivity contribution in [1.82, 2.24) is 0 Å². The van der Waals surface area contributed by atoms with E-state index >= 15 is 0 Å². The lowest BCUT2D eigenvalue weighted by Crippen LogP contribution is -2.60. The number of fused-ring (bicyclic) bond motifs is 2. The molecule has 2 aromatic carbocycles. The van der Waals surface area contributed by atoms with Gasteiger partial charge in [0.25, 0.3) is 0 Å². The second-order valence-electron chi connectivity index (χ2n) is 9.83. The molecule has 206 valence electrons. The van der Waals surface area contributed by atoms with Gasteiger partial charge in [0.05, 0.1) is 39.1 Å². The number of aliphatic hydroxyl groups excluding tert-OH is 4. The zero-order valence-corrected chi connectivity index (χ0v) is 20.5. The molecule has 0 aliphatic carbocycles. The number of ether oxygens (including phenoxy) is 7. The smallest absolute Gasteiger partial charge is 0.231 e. The van der Waals surface area contributed by atoms with Crippen LogP contribution in [0.5, 0.6) is 28.7 Å². The second-order valence-corrected chi connectivity index (χ2v) is 9.83. The van der Waals surface area contributed by atoms with Crippen LogP contribution in [0.3, 0.4) is 0 Å². The molecule has 4 heterocycles. The Bertz CT molecular complexity index is 1170. The van der Waals surface area contributed by atoms with Gasteiger partial charge in [-0.1, -0.05) is 6.07 Å². The van der Waals surface area contributed by atoms with Gasteiger partial charge in [0.15, 0.2) is 23.0 Å². The van der Waals surface area contributed by atoms with E-state index in [1.165, 1.54) is 7.11 Å². The van der Waals surface area contributed by atoms with Crippen LogP contribution >= 0.6 is 0 Å². The molecule has 6 rings (SSSR count). The summed E-state index contributed by atoms with van der Waals surface area (Å²) >= 11 is 0. The van der Waals surface area contributed by atoms with Crippen LogP contribution < -0.4 is 18.9 Å². The van der Waals surface area contributed by atoms with Gasteiger partial charge in [0.1, 0.15) is 24.4 Å². The van der Waals surface area contributed by atoms with Gasteiger partial charge < -0.3 is 58.7 Å². The molecule has 0 bridgehead atoms. The first-order chi connectivity index (χ1) is 18.4. The average Bonchev–Trinajstić information content (AvgIpc) is 3.66. The van der Waals surface area contributed by atoms with Gasteiger partial charge in [-0.15, -0.1) is 0 Å². The number of phenolic OH excluding ortho intramolecular Hbond substituents is 1. The molecule has 2 aromatic rings. The van der Waals surface area contributed by atoms with Gasteiger partial charge >= 0.3 is 0 Å². The molecule has 9 atom stereocenters. The van der Waals surface area contributed by atoms with Gasteiger partial charge in [-0.3, -0.25) is 0 Å². The number of phenols is 1. The highest BCUT2D eigenvalue weighted by Gasteiger charge is 2.49. The molecular weight excluding hydrogens is 504 g/mol. The quantitative estimate of drug-likeness (QED) is 0.347. The van der Waals surface area contributed by atoms with Crippen molar-refractivity contribution in [1.29, 1.82) is 0 Å². The van der Waals surface area contributed by atoms with E-state index in [0.29, 0.717) is 30.5 Å². The first-order valence-electron chi connectivity index (χ1n) is 12.4. The van der Waals surface area contributed by atoms with Crippen LogP contribution in [0.15, 0.2) is 30.3 Å². The second kappa shape index (κ2) is 10.0. The minimum Gasteiger partial charge on any atom is -0.504 e. The minimum atomic E-state index is -1.55. The molecule has 0 aromatic heterocycles. The van der Waals surface area contributed by atoms with Crippen molar-refractivity contribution < 1.29 is 58.7 Å². The fourth-order valence-electron chi connectivity index (χ4n) is 5.66. The molecule has 3 fully saturated rings. The van der Waals surface area contributed by atoms with Crippen molar-refractivity contribution in [2.24, 2.45) is 11.8 Å². The largest absolute Gasteiger partial charge is 0.504 e. The van der Waals surface area contributed by atoms with Crippen LogP contribution in [0.25, 0.3) is 0 Å². The summed E-state index contributed by atoms with van der Waals surface area (Å²) in [5.41, 5.74) is 1.64. The Morgan fingerprint density at radius 1 is 0.868 bits per heavy atom. The Labute approximate surface area is 217 Å². The topological polar surface area (TPSA) is 166 Å². The number of rotatable bonds is 6. The third-order valence-electron chi connectivity index (χ3n) is 7.68. The molecule has 3 saturated heterocycles. The van der Waals surface area contributed by atoms with Crippen molar-refractivity contribution >= 4 is 0 Å². The first kappa shape index (κ1) is 25.4. The Morgan fingerprint density at radius 2 is 1.61 bits per heavy atom. The summed E-state index contributed by atoms with van der Waals surface area (Å²) in [7, 11) is 1.47. The molecule has 0 amide bonds. The molecule has 5 N–H and O–H groups in total. The summed E-state index contributed by atoms with van der Waals surface area (Å²) in [6.45, 7) is 0.422. The molecule has 38 heavy (non-hydrogen) atoms. The highest BCUT2D eigenvalue weighted by Crippen LogP contribution is 2.53. The van der Waals surface area contributed by atoms with Gasteiger partial charge in [-0.05, 0) is 35.4 Å². The lowest BCUT2D eigenvalue weighted by atomic mass is 9.85. The van der Waals surface area contributed by atoms with Crippen LogP contribution in [0.4, 0.5) is 0 Å². The SMILES string of the molecule is COc1cc([C@H]2OC[C@H]3[C@H]2CO[C@H]3c2cc(O)c3c(c2)OCO3)ccc1O[C@H]1O[C@H](CO)[C@@H](O)[C@H](O)[C@H]1O. The maximum atomic E-state index is 10.3. The number of hydrogen-bond donors (Lipinski definition) is 5.